The number of terminal acetylenes is 1. The van der Waals surface area contributed by atoms with Crippen LogP contribution < -0.4 is 0 Å². The standard InChI is InChI=1S/C18H36N2O2.C2H2/c1-7-8-9-10-11-12-19(6)16(21)15-13-17(2,3)20(22)18(4,5)14-15;1-2/h15,22H,7-14H2,1-6H3;1-2H. The van der Waals surface area contributed by atoms with Gasteiger partial charge in [-0.1, -0.05) is 32.6 Å². The van der Waals surface area contributed by atoms with E-state index in [1.807, 2.05) is 39.6 Å². The summed E-state index contributed by atoms with van der Waals surface area (Å²) in [6.07, 6.45) is 15.5. The summed E-state index contributed by atoms with van der Waals surface area (Å²) in [5.41, 5.74) is -0.714. The van der Waals surface area contributed by atoms with E-state index in [9.17, 15) is 10.0 Å². The van der Waals surface area contributed by atoms with Gasteiger partial charge in [-0.2, -0.15) is 5.06 Å². The minimum Gasteiger partial charge on any atom is -0.346 e. The number of carbonyl (C=O) groups is 1. The molecule has 1 N–H and O–H groups in total. The average Bonchev–Trinajstić information content (AvgIpc) is 2.52. The molecule has 1 saturated heterocycles. The molecule has 4 nitrogen and oxygen atoms in total. The highest BCUT2D eigenvalue weighted by atomic mass is 16.5. The van der Waals surface area contributed by atoms with Gasteiger partial charge in [0, 0.05) is 30.6 Å². The molecule has 1 aliphatic rings. The second kappa shape index (κ2) is 10.1. The molecule has 0 aromatic heterocycles. The zero-order chi connectivity index (χ0) is 19.0. The molecule has 1 amide bonds. The number of rotatable bonds is 7. The highest BCUT2D eigenvalue weighted by Gasteiger charge is 2.47. The van der Waals surface area contributed by atoms with Crippen LogP contribution in [-0.2, 0) is 4.79 Å². The number of nitrogens with zero attached hydrogens (tertiary/aromatic N) is 2. The summed E-state index contributed by atoms with van der Waals surface area (Å²) in [4.78, 5) is 14.6. The third kappa shape index (κ3) is 6.45. The number of hydroxylamine groups is 2. The smallest absolute Gasteiger partial charge is 0.225 e. The largest absolute Gasteiger partial charge is 0.346 e. The van der Waals surface area contributed by atoms with E-state index in [-0.39, 0.29) is 22.9 Å². The minimum absolute atomic E-state index is 0.00837. The van der Waals surface area contributed by atoms with Crippen molar-refractivity contribution in [2.75, 3.05) is 13.6 Å². The fraction of sp³-hybridized carbons (Fsp3) is 0.850. The van der Waals surface area contributed by atoms with Crippen molar-refractivity contribution < 1.29 is 10.0 Å². The van der Waals surface area contributed by atoms with Crippen molar-refractivity contribution in [3.05, 3.63) is 0 Å². The Balaban J connectivity index is 0.00000254. The van der Waals surface area contributed by atoms with Gasteiger partial charge in [0.05, 0.1) is 0 Å². The summed E-state index contributed by atoms with van der Waals surface area (Å²) < 4.78 is 0. The Kier molecular flexibility index (Phi) is 9.62. The van der Waals surface area contributed by atoms with Crippen LogP contribution in [0.3, 0.4) is 0 Å². The third-order valence-electron chi connectivity index (χ3n) is 4.96. The van der Waals surface area contributed by atoms with Crippen LogP contribution in [-0.4, -0.2) is 45.7 Å². The first kappa shape index (κ1) is 22.9. The van der Waals surface area contributed by atoms with Gasteiger partial charge in [0.1, 0.15) is 0 Å². The Hall–Kier alpha value is -1.05. The Morgan fingerprint density at radius 2 is 1.54 bits per heavy atom. The predicted octanol–water partition coefficient (Wildman–Crippen LogP) is 4.32. The van der Waals surface area contributed by atoms with E-state index in [4.69, 9.17) is 0 Å². The van der Waals surface area contributed by atoms with E-state index in [2.05, 4.69) is 19.8 Å². The molecule has 0 atom stereocenters. The van der Waals surface area contributed by atoms with E-state index < -0.39 is 0 Å². The van der Waals surface area contributed by atoms with E-state index in [1.54, 1.807) is 0 Å². The highest BCUT2D eigenvalue weighted by Crippen LogP contribution is 2.40. The molecule has 140 valence electrons. The lowest BCUT2D eigenvalue weighted by Gasteiger charge is -2.51. The van der Waals surface area contributed by atoms with Crippen molar-refractivity contribution in [1.82, 2.24) is 9.96 Å². The van der Waals surface area contributed by atoms with Gasteiger partial charge in [0.2, 0.25) is 5.91 Å². The minimum atomic E-state index is -0.357. The monoisotopic (exact) mass is 338 g/mol. The SMILES string of the molecule is C#C.CCCCCCCN(C)C(=O)C1CC(C)(C)N(O)C(C)(C)C1. The Bertz CT molecular complexity index is 384. The normalized spacial score (nSPS) is 20.0. The summed E-state index contributed by atoms with van der Waals surface area (Å²) >= 11 is 0. The number of hydrogen-bond acceptors (Lipinski definition) is 3. The lowest BCUT2D eigenvalue weighted by atomic mass is 9.75. The molecular formula is C20H38N2O2. The van der Waals surface area contributed by atoms with Crippen LogP contribution in [0.5, 0.6) is 0 Å². The molecule has 1 rings (SSSR count). The van der Waals surface area contributed by atoms with Crippen LogP contribution >= 0.6 is 0 Å². The Labute approximate surface area is 149 Å². The number of hydrogen-bond donors (Lipinski definition) is 1. The van der Waals surface area contributed by atoms with Crippen LogP contribution in [0.4, 0.5) is 0 Å². The van der Waals surface area contributed by atoms with Crippen molar-refractivity contribution in [2.24, 2.45) is 5.92 Å². The van der Waals surface area contributed by atoms with Gasteiger partial charge in [-0.3, -0.25) is 4.79 Å². The molecule has 4 heteroatoms. The molecule has 0 aliphatic carbocycles. The van der Waals surface area contributed by atoms with E-state index >= 15 is 0 Å². The lowest BCUT2D eigenvalue weighted by Crippen LogP contribution is -2.60. The van der Waals surface area contributed by atoms with Crippen molar-refractivity contribution in [3.8, 4) is 12.8 Å². The maximum absolute atomic E-state index is 12.7. The average molecular weight is 339 g/mol. The van der Waals surface area contributed by atoms with Gasteiger partial charge in [-0.25, -0.2) is 0 Å². The highest BCUT2D eigenvalue weighted by molar-refractivity contribution is 5.79. The Morgan fingerprint density at radius 3 is 2.00 bits per heavy atom. The molecule has 1 heterocycles. The topological polar surface area (TPSA) is 43.8 Å². The van der Waals surface area contributed by atoms with Gasteiger partial charge in [-0.05, 0) is 47.0 Å². The molecule has 0 aromatic rings. The molecule has 0 bridgehead atoms. The van der Waals surface area contributed by atoms with Gasteiger partial charge in [0.15, 0.2) is 0 Å². The number of amides is 1. The molecule has 0 aromatic carbocycles. The fourth-order valence-electron chi connectivity index (χ4n) is 3.82. The first-order chi connectivity index (χ1) is 11.1. The number of piperidine rings is 1. The number of unbranched alkanes of at least 4 members (excludes halogenated alkanes) is 4. The quantitative estimate of drug-likeness (QED) is 0.555. The summed E-state index contributed by atoms with van der Waals surface area (Å²) in [6.45, 7) is 11.1. The van der Waals surface area contributed by atoms with Crippen LogP contribution in [0, 0.1) is 18.8 Å². The summed E-state index contributed by atoms with van der Waals surface area (Å²) in [7, 11) is 1.92. The van der Waals surface area contributed by atoms with Crippen LogP contribution in [0.2, 0.25) is 0 Å². The van der Waals surface area contributed by atoms with Gasteiger partial charge < -0.3 is 10.1 Å². The number of carbonyl (C=O) groups excluding carboxylic acids is 1. The summed E-state index contributed by atoms with van der Waals surface area (Å²) in [5.74, 6) is 0.249. The first-order valence-electron chi connectivity index (χ1n) is 9.19. The molecule has 0 radical (unpaired) electrons. The Morgan fingerprint density at radius 1 is 1.08 bits per heavy atom. The molecule has 0 saturated carbocycles. The second-order valence-corrected chi connectivity index (χ2v) is 8.22. The molecule has 0 spiro atoms. The second-order valence-electron chi connectivity index (χ2n) is 8.22. The van der Waals surface area contributed by atoms with E-state index in [1.165, 1.54) is 30.7 Å². The predicted molar refractivity (Wildman–Crippen MR) is 101 cm³/mol. The fourth-order valence-corrected chi connectivity index (χ4v) is 3.82. The van der Waals surface area contributed by atoms with Gasteiger partial charge >= 0.3 is 0 Å². The van der Waals surface area contributed by atoms with Crippen molar-refractivity contribution in [1.29, 1.82) is 0 Å². The summed E-state index contributed by atoms with van der Waals surface area (Å²) in [5, 5.41) is 11.8. The van der Waals surface area contributed by atoms with E-state index in [0.717, 1.165) is 13.0 Å². The molecule has 1 aliphatic heterocycles. The van der Waals surface area contributed by atoms with Crippen molar-refractivity contribution in [2.45, 2.75) is 90.6 Å². The molecular weight excluding hydrogens is 300 g/mol. The van der Waals surface area contributed by atoms with Gasteiger partial charge in [-0.15, -0.1) is 12.8 Å². The first-order valence-corrected chi connectivity index (χ1v) is 9.19. The van der Waals surface area contributed by atoms with Gasteiger partial charge in [0.25, 0.3) is 0 Å². The zero-order valence-electron chi connectivity index (χ0n) is 16.6. The zero-order valence-corrected chi connectivity index (χ0v) is 16.6. The third-order valence-corrected chi connectivity index (χ3v) is 4.96. The van der Waals surface area contributed by atoms with Crippen molar-refractivity contribution in [3.63, 3.8) is 0 Å². The van der Waals surface area contributed by atoms with Crippen LogP contribution in [0.1, 0.15) is 79.6 Å². The molecule has 24 heavy (non-hydrogen) atoms. The van der Waals surface area contributed by atoms with Crippen LogP contribution in [0.15, 0.2) is 0 Å². The van der Waals surface area contributed by atoms with Crippen molar-refractivity contribution >= 4 is 5.91 Å². The maximum atomic E-state index is 12.7. The maximum Gasteiger partial charge on any atom is 0.225 e. The summed E-state index contributed by atoms with van der Waals surface area (Å²) in [6, 6.07) is 0. The van der Waals surface area contributed by atoms with E-state index in [0.29, 0.717) is 12.8 Å². The van der Waals surface area contributed by atoms with Crippen LogP contribution in [0.25, 0.3) is 0 Å². The molecule has 1 fully saturated rings. The molecule has 0 unspecified atom stereocenters. The lowest BCUT2D eigenvalue weighted by molar-refractivity contribution is -0.250.